The van der Waals surface area contributed by atoms with E-state index in [1.54, 1.807) is 0 Å². The van der Waals surface area contributed by atoms with E-state index in [0.29, 0.717) is 0 Å². The van der Waals surface area contributed by atoms with Crippen LogP contribution >= 0.6 is 0 Å². The molecule has 1 aromatic heterocycles. The van der Waals surface area contributed by atoms with Crippen LogP contribution in [0.3, 0.4) is 0 Å². The largest absolute Gasteiger partial charge is 0.360 e. The number of aromatic nitrogens is 1. The highest BCUT2D eigenvalue weighted by atomic mass is 16.5. The summed E-state index contributed by atoms with van der Waals surface area (Å²) in [6.07, 6.45) is 5.55. The van der Waals surface area contributed by atoms with Gasteiger partial charge in [0.2, 0.25) is 0 Å². The summed E-state index contributed by atoms with van der Waals surface area (Å²) in [6.45, 7) is 2.95. The molecule has 2 aliphatic rings. The fourth-order valence-electron chi connectivity index (χ4n) is 2.95. The molecule has 3 heterocycles. The first-order valence-electron chi connectivity index (χ1n) is 5.51. The molecular formula is C11H16N2O. The molecule has 0 aromatic carbocycles. The van der Waals surface area contributed by atoms with Crippen molar-refractivity contribution in [2.75, 3.05) is 0 Å². The van der Waals surface area contributed by atoms with Crippen LogP contribution in [0.25, 0.3) is 0 Å². The molecule has 0 N–H and O–H groups in total. The summed E-state index contributed by atoms with van der Waals surface area (Å²) in [5.41, 5.74) is 0.992. The topological polar surface area (TPSA) is 29.3 Å². The molecule has 0 radical (unpaired) electrons. The third-order valence-electron chi connectivity index (χ3n) is 3.62. The van der Waals surface area contributed by atoms with E-state index in [4.69, 9.17) is 4.52 Å². The summed E-state index contributed by atoms with van der Waals surface area (Å²) in [5, 5.41) is 3.93. The van der Waals surface area contributed by atoms with Crippen LogP contribution in [0.2, 0.25) is 0 Å². The van der Waals surface area contributed by atoms with Crippen molar-refractivity contribution in [2.24, 2.45) is 0 Å². The number of aryl methyl sites for hydroxylation is 1. The second-order valence-electron chi connectivity index (χ2n) is 4.57. The second kappa shape index (κ2) is 3.09. The highest BCUT2D eigenvalue weighted by Crippen LogP contribution is 2.38. The van der Waals surface area contributed by atoms with Gasteiger partial charge >= 0.3 is 0 Å². The average molecular weight is 192 g/mol. The van der Waals surface area contributed by atoms with Crippen LogP contribution in [0.4, 0.5) is 0 Å². The van der Waals surface area contributed by atoms with Crippen molar-refractivity contribution < 1.29 is 4.52 Å². The maximum Gasteiger partial charge on any atom is 0.150 e. The van der Waals surface area contributed by atoms with Gasteiger partial charge in [-0.1, -0.05) is 5.16 Å². The minimum absolute atomic E-state index is 0.824. The lowest BCUT2D eigenvalue weighted by Crippen LogP contribution is -2.27. The molecular weight excluding hydrogens is 176 g/mol. The number of nitrogens with zero attached hydrogens (tertiary/aromatic N) is 2. The molecule has 0 spiro atoms. The normalized spacial score (nSPS) is 31.5. The van der Waals surface area contributed by atoms with Crippen LogP contribution < -0.4 is 0 Å². The molecule has 0 amide bonds. The molecule has 0 atom stereocenters. The summed E-state index contributed by atoms with van der Waals surface area (Å²) in [7, 11) is 0. The maximum atomic E-state index is 5.26. The average Bonchev–Trinajstić information content (AvgIpc) is 2.85. The highest BCUT2D eigenvalue weighted by molar-refractivity contribution is 5.05. The lowest BCUT2D eigenvalue weighted by molar-refractivity contribution is 0.212. The minimum atomic E-state index is 0.824. The lowest BCUT2D eigenvalue weighted by atomic mass is 10.0. The van der Waals surface area contributed by atoms with Crippen LogP contribution in [-0.4, -0.2) is 22.1 Å². The molecule has 0 unspecified atom stereocenters. The smallest absolute Gasteiger partial charge is 0.150 e. The fraction of sp³-hybridized carbons (Fsp3) is 0.727. The first-order valence-corrected chi connectivity index (χ1v) is 5.51. The third-order valence-corrected chi connectivity index (χ3v) is 3.62. The van der Waals surface area contributed by atoms with Crippen molar-refractivity contribution in [3.05, 3.63) is 17.5 Å². The summed E-state index contributed by atoms with van der Waals surface area (Å²) in [4.78, 5) is 2.60. The van der Waals surface area contributed by atoms with E-state index in [9.17, 15) is 0 Å². The van der Waals surface area contributed by atoms with E-state index in [1.807, 2.05) is 6.92 Å². The van der Waals surface area contributed by atoms with Crippen LogP contribution in [0.1, 0.15) is 37.1 Å². The van der Waals surface area contributed by atoms with Crippen molar-refractivity contribution in [1.82, 2.24) is 10.1 Å². The zero-order chi connectivity index (χ0) is 9.54. The van der Waals surface area contributed by atoms with Gasteiger partial charge in [-0.25, -0.2) is 0 Å². The third kappa shape index (κ3) is 1.27. The first-order chi connectivity index (χ1) is 6.83. The van der Waals surface area contributed by atoms with Crippen molar-refractivity contribution in [3.63, 3.8) is 0 Å². The van der Waals surface area contributed by atoms with Gasteiger partial charge in [0.25, 0.3) is 0 Å². The molecule has 3 rings (SSSR count). The molecule has 2 fully saturated rings. The first kappa shape index (κ1) is 8.48. The van der Waals surface area contributed by atoms with Gasteiger partial charge in [-0.05, 0) is 32.6 Å². The van der Waals surface area contributed by atoms with Gasteiger partial charge < -0.3 is 4.52 Å². The van der Waals surface area contributed by atoms with Gasteiger partial charge in [0.05, 0.1) is 12.2 Å². The van der Waals surface area contributed by atoms with Crippen molar-refractivity contribution in [1.29, 1.82) is 0 Å². The number of hydrogen-bond donors (Lipinski definition) is 0. The monoisotopic (exact) mass is 192 g/mol. The van der Waals surface area contributed by atoms with Crippen LogP contribution in [0.5, 0.6) is 0 Å². The molecule has 3 nitrogen and oxygen atoms in total. The standard InChI is InChI=1S/C11H16N2O/c1-8-6-11(14-12-8)7-13-9-2-3-10(13)5-4-9/h6,9-10H,2-5,7H2,1H3. The van der Waals surface area contributed by atoms with Crippen LogP contribution in [-0.2, 0) is 6.54 Å². The molecule has 0 saturated carbocycles. The Morgan fingerprint density at radius 3 is 2.50 bits per heavy atom. The van der Waals surface area contributed by atoms with Gasteiger partial charge in [-0.2, -0.15) is 0 Å². The second-order valence-corrected chi connectivity index (χ2v) is 4.57. The molecule has 1 aromatic rings. The highest BCUT2D eigenvalue weighted by Gasteiger charge is 2.39. The predicted molar refractivity (Wildman–Crippen MR) is 52.8 cm³/mol. The lowest BCUT2D eigenvalue weighted by Gasteiger charge is -2.19. The van der Waals surface area contributed by atoms with Crippen molar-refractivity contribution in [2.45, 2.75) is 51.2 Å². The molecule has 76 valence electrons. The molecule has 14 heavy (non-hydrogen) atoms. The van der Waals surface area contributed by atoms with Gasteiger partial charge in [0, 0.05) is 18.2 Å². The number of fused-ring (bicyclic) bond motifs is 2. The van der Waals surface area contributed by atoms with E-state index in [2.05, 4.69) is 16.1 Å². The summed E-state index contributed by atoms with van der Waals surface area (Å²) in [6, 6.07) is 3.70. The Labute approximate surface area is 84.1 Å². The van der Waals surface area contributed by atoms with E-state index >= 15 is 0 Å². The van der Waals surface area contributed by atoms with E-state index in [0.717, 1.165) is 30.1 Å². The Morgan fingerprint density at radius 2 is 2.00 bits per heavy atom. The Kier molecular flexibility index (Phi) is 1.87. The fourth-order valence-corrected chi connectivity index (χ4v) is 2.95. The zero-order valence-corrected chi connectivity index (χ0v) is 8.57. The SMILES string of the molecule is Cc1cc(CN2C3CCC2CC3)on1. The molecule has 2 aliphatic heterocycles. The Morgan fingerprint density at radius 1 is 1.36 bits per heavy atom. The Hall–Kier alpha value is -0.830. The Balaban J connectivity index is 1.73. The van der Waals surface area contributed by atoms with E-state index < -0.39 is 0 Å². The number of rotatable bonds is 2. The summed E-state index contributed by atoms with van der Waals surface area (Å²) in [5.74, 6) is 1.03. The maximum absolute atomic E-state index is 5.26. The van der Waals surface area contributed by atoms with Crippen LogP contribution in [0.15, 0.2) is 10.6 Å². The molecule has 2 bridgehead atoms. The molecule has 0 aliphatic carbocycles. The predicted octanol–water partition coefficient (Wildman–Crippen LogP) is 2.11. The minimum Gasteiger partial charge on any atom is -0.360 e. The quantitative estimate of drug-likeness (QED) is 0.718. The van der Waals surface area contributed by atoms with Gasteiger partial charge in [-0.3, -0.25) is 4.90 Å². The van der Waals surface area contributed by atoms with Gasteiger partial charge in [0.1, 0.15) is 0 Å². The van der Waals surface area contributed by atoms with Gasteiger partial charge in [0.15, 0.2) is 5.76 Å². The summed E-state index contributed by atoms with van der Waals surface area (Å²) >= 11 is 0. The van der Waals surface area contributed by atoms with Crippen LogP contribution in [0, 0.1) is 6.92 Å². The van der Waals surface area contributed by atoms with Gasteiger partial charge in [-0.15, -0.1) is 0 Å². The Bertz CT molecular complexity index is 314. The van der Waals surface area contributed by atoms with E-state index in [1.165, 1.54) is 25.7 Å². The molecule has 3 heteroatoms. The molecule has 2 saturated heterocycles. The summed E-state index contributed by atoms with van der Waals surface area (Å²) < 4.78 is 5.26. The zero-order valence-electron chi connectivity index (χ0n) is 8.57. The van der Waals surface area contributed by atoms with E-state index in [-0.39, 0.29) is 0 Å². The van der Waals surface area contributed by atoms with Crippen molar-refractivity contribution >= 4 is 0 Å². The van der Waals surface area contributed by atoms with Crippen molar-refractivity contribution in [3.8, 4) is 0 Å². The number of hydrogen-bond acceptors (Lipinski definition) is 3.